The fourth-order valence-electron chi connectivity index (χ4n) is 4.54. The number of nitrogens with one attached hydrogen (secondary N) is 1. The number of carbonyl (C=O) groups is 3. The van der Waals surface area contributed by atoms with E-state index in [4.69, 9.17) is 0 Å². The van der Waals surface area contributed by atoms with Gasteiger partial charge in [0.25, 0.3) is 11.1 Å². The largest absolute Gasteiger partial charge is 0.340 e. The van der Waals surface area contributed by atoms with Crippen molar-refractivity contribution in [2.24, 2.45) is 0 Å². The van der Waals surface area contributed by atoms with Crippen molar-refractivity contribution in [3.63, 3.8) is 0 Å². The fraction of sp³-hybridized carbons (Fsp3) is 0.167. The Balaban J connectivity index is 1.40. The predicted molar refractivity (Wildman–Crippen MR) is 149 cm³/mol. The highest BCUT2D eigenvalue weighted by atomic mass is 32.2. The smallest absolute Gasteiger partial charge is 0.294 e. The Kier molecular flexibility index (Phi) is 6.72. The summed E-state index contributed by atoms with van der Waals surface area (Å²) in [7, 11) is 0. The van der Waals surface area contributed by atoms with Gasteiger partial charge in [0.2, 0.25) is 5.91 Å². The van der Waals surface area contributed by atoms with E-state index in [1.54, 1.807) is 6.08 Å². The second kappa shape index (κ2) is 10.1. The van der Waals surface area contributed by atoms with Gasteiger partial charge in [0.05, 0.1) is 4.91 Å². The second-order valence-corrected chi connectivity index (χ2v) is 10.2. The highest BCUT2D eigenvalue weighted by Gasteiger charge is 2.36. The van der Waals surface area contributed by atoms with E-state index < -0.39 is 17.1 Å². The average molecular weight is 510 g/mol. The van der Waals surface area contributed by atoms with E-state index in [1.165, 1.54) is 5.56 Å². The van der Waals surface area contributed by atoms with Crippen LogP contribution in [-0.4, -0.2) is 33.1 Å². The van der Waals surface area contributed by atoms with Crippen molar-refractivity contribution >= 4 is 51.5 Å². The molecule has 1 aliphatic rings. The molecule has 0 bridgehead atoms. The Hall–Kier alpha value is -4.10. The number of rotatable bonds is 6. The number of amides is 3. The zero-order valence-electron chi connectivity index (χ0n) is 20.9. The molecule has 4 aromatic rings. The van der Waals surface area contributed by atoms with E-state index in [1.807, 2.05) is 75.4 Å². The normalized spacial score (nSPS) is 14.7. The monoisotopic (exact) mass is 509 g/mol. The van der Waals surface area contributed by atoms with Crippen LogP contribution in [0.3, 0.4) is 0 Å². The van der Waals surface area contributed by atoms with Crippen molar-refractivity contribution in [1.29, 1.82) is 0 Å². The number of aromatic nitrogens is 1. The molecule has 0 radical (unpaired) electrons. The Bertz CT molecular complexity index is 1570. The Labute approximate surface area is 220 Å². The van der Waals surface area contributed by atoms with Crippen LogP contribution in [0.15, 0.2) is 77.7 Å². The molecule has 186 valence electrons. The summed E-state index contributed by atoms with van der Waals surface area (Å²) in [6, 6.07) is 23.8. The van der Waals surface area contributed by atoms with Gasteiger partial charge in [-0.1, -0.05) is 54.6 Å². The van der Waals surface area contributed by atoms with Crippen LogP contribution in [0, 0.1) is 20.8 Å². The first-order valence-electron chi connectivity index (χ1n) is 12.1. The Morgan fingerprint density at radius 2 is 1.65 bits per heavy atom. The van der Waals surface area contributed by atoms with Crippen molar-refractivity contribution in [2.75, 3.05) is 11.9 Å². The summed E-state index contributed by atoms with van der Waals surface area (Å²) in [6.07, 6.45) is 1.78. The molecule has 37 heavy (non-hydrogen) atoms. The molecule has 0 unspecified atom stereocenters. The fourth-order valence-corrected chi connectivity index (χ4v) is 5.36. The van der Waals surface area contributed by atoms with Crippen LogP contribution in [0.4, 0.5) is 10.5 Å². The summed E-state index contributed by atoms with van der Waals surface area (Å²) in [5, 5.41) is 3.35. The van der Waals surface area contributed by atoms with Crippen molar-refractivity contribution in [3.05, 3.63) is 106 Å². The zero-order valence-corrected chi connectivity index (χ0v) is 21.8. The maximum Gasteiger partial charge on any atom is 0.294 e. The first-order chi connectivity index (χ1) is 17.8. The number of hydrogen-bond acceptors (Lipinski definition) is 4. The lowest BCUT2D eigenvalue weighted by atomic mass is 10.1. The van der Waals surface area contributed by atoms with Gasteiger partial charge in [-0.3, -0.25) is 19.3 Å². The van der Waals surface area contributed by atoms with Crippen molar-refractivity contribution < 1.29 is 14.4 Å². The number of thioether (sulfide) groups is 1. The standard InChI is InChI=1S/C30H27N3O3S/c1-19-13-14-23(15-20(19)2)31-28(34)18-33-29(35)27(37-30(33)36)16-25-21(3)32(17-22-9-5-4-6-10-22)26-12-8-7-11-24(25)26/h4-16H,17-18H2,1-3H3,(H,31,34)/b27-16+. The lowest BCUT2D eigenvalue weighted by Gasteiger charge is -2.13. The predicted octanol–water partition coefficient (Wildman–Crippen LogP) is 6.29. The average Bonchev–Trinajstić information content (AvgIpc) is 3.30. The molecular formula is C30H27N3O3S. The Morgan fingerprint density at radius 3 is 2.41 bits per heavy atom. The minimum absolute atomic E-state index is 0.315. The number of fused-ring (bicyclic) bond motifs is 1. The van der Waals surface area contributed by atoms with Crippen LogP contribution in [0.1, 0.15) is 27.9 Å². The molecule has 3 aromatic carbocycles. The molecule has 5 rings (SSSR count). The van der Waals surface area contributed by atoms with E-state index in [9.17, 15) is 14.4 Å². The van der Waals surface area contributed by atoms with Crippen LogP contribution in [-0.2, 0) is 16.1 Å². The third-order valence-electron chi connectivity index (χ3n) is 6.70. The topological polar surface area (TPSA) is 71.4 Å². The van der Waals surface area contributed by atoms with E-state index in [-0.39, 0.29) is 6.54 Å². The van der Waals surface area contributed by atoms with Gasteiger partial charge in [-0.25, -0.2) is 0 Å². The van der Waals surface area contributed by atoms with Crippen LogP contribution in [0.5, 0.6) is 0 Å². The summed E-state index contributed by atoms with van der Waals surface area (Å²) < 4.78 is 2.22. The summed E-state index contributed by atoms with van der Waals surface area (Å²) >= 11 is 0.869. The van der Waals surface area contributed by atoms with Gasteiger partial charge in [0.15, 0.2) is 0 Å². The molecule has 1 aliphatic heterocycles. The van der Waals surface area contributed by atoms with Gasteiger partial charge in [-0.05, 0) is 73.5 Å². The van der Waals surface area contributed by atoms with Gasteiger partial charge in [0, 0.05) is 34.4 Å². The van der Waals surface area contributed by atoms with Crippen LogP contribution >= 0.6 is 11.8 Å². The number of imide groups is 1. The number of carbonyl (C=O) groups excluding carboxylic acids is 3. The lowest BCUT2D eigenvalue weighted by Crippen LogP contribution is -2.36. The number of benzene rings is 3. The number of anilines is 1. The van der Waals surface area contributed by atoms with Gasteiger partial charge >= 0.3 is 0 Å². The quantitative estimate of drug-likeness (QED) is 0.310. The molecule has 6 nitrogen and oxygen atoms in total. The molecule has 0 aliphatic carbocycles. The molecule has 0 spiro atoms. The third kappa shape index (κ3) is 4.95. The molecule has 0 atom stereocenters. The summed E-state index contributed by atoms with van der Waals surface area (Å²) in [5.74, 6) is -0.869. The molecule has 1 fully saturated rings. The van der Waals surface area contributed by atoms with E-state index in [0.29, 0.717) is 17.1 Å². The number of hydrogen-bond donors (Lipinski definition) is 1. The Morgan fingerprint density at radius 1 is 0.919 bits per heavy atom. The molecule has 3 amide bonds. The molecular weight excluding hydrogens is 482 g/mol. The van der Waals surface area contributed by atoms with Crippen molar-refractivity contribution in [1.82, 2.24) is 9.47 Å². The first kappa shape index (κ1) is 24.6. The zero-order chi connectivity index (χ0) is 26.1. The van der Waals surface area contributed by atoms with Gasteiger partial charge in [0.1, 0.15) is 6.54 Å². The minimum Gasteiger partial charge on any atom is -0.340 e. The van der Waals surface area contributed by atoms with Crippen LogP contribution in [0.25, 0.3) is 17.0 Å². The van der Waals surface area contributed by atoms with Gasteiger partial charge < -0.3 is 9.88 Å². The van der Waals surface area contributed by atoms with E-state index >= 15 is 0 Å². The summed E-state index contributed by atoms with van der Waals surface area (Å²) in [4.78, 5) is 39.8. The number of aryl methyl sites for hydroxylation is 2. The molecule has 1 aromatic heterocycles. The maximum absolute atomic E-state index is 13.2. The SMILES string of the molecule is Cc1ccc(NC(=O)CN2C(=O)S/C(=C/c3c(C)n(Cc4ccccc4)c4ccccc34)C2=O)cc1C. The number of para-hydroxylation sites is 1. The molecule has 1 saturated heterocycles. The van der Waals surface area contributed by atoms with Gasteiger partial charge in [-0.15, -0.1) is 0 Å². The number of nitrogens with zero attached hydrogens (tertiary/aromatic N) is 2. The van der Waals surface area contributed by atoms with Crippen molar-refractivity contribution in [2.45, 2.75) is 27.3 Å². The van der Waals surface area contributed by atoms with Crippen LogP contribution in [0.2, 0.25) is 0 Å². The highest BCUT2D eigenvalue weighted by molar-refractivity contribution is 8.18. The molecule has 7 heteroatoms. The van der Waals surface area contributed by atoms with E-state index in [2.05, 4.69) is 28.1 Å². The molecule has 1 N–H and O–H groups in total. The highest BCUT2D eigenvalue weighted by Crippen LogP contribution is 2.35. The maximum atomic E-state index is 13.2. The molecule has 2 heterocycles. The van der Waals surface area contributed by atoms with Crippen LogP contribution < -0.4 is 5.32 Å². The lowest BCUT2D eigenvalue weighted by molar-refractivity contribution is -0.127. The van der Waals surface area contributed by atoms with Crippen molar-refractivity contribution in [3.8, 4) is 0 Å². The summed E-state index contributed by atoms with van der Waals surface area (Å²) in [5.41, 5.74) is 6.94. The third-order valence-corrected chi connectivity index (χ3v) is 7.61. The second-order valence-electron chi connectivity index (χ2n) is 9.20. The molecule has 0 saturated carbocycles. The minimum atomic E-state index is -0.454. The summed E-state index contributed by atoms with van der Waals surface area (Å²) in [6.45, 7) is 6.35. The van der Waals surface area contributed by atoms with E-state index in [0.717, 1.165) is 49.9 Å². The van der Waals surface area contributed by atoms with Gasteiger partial charge in [-0.2, -0.15) is 0 Å². The first-order valence-corrected chi connectivity index (χ1v) is 12.9.